The first-order valence-electron chi connectivity index (χ1n) is 5.55. The Hall–Kier alpha value is -1.28. The molecule has 1 aromatic heterocycles. The van der Waals surface area contributed by atoms with Gasteiger partial charge in [-0.25, -0.2) is 0 Å². The van der Waals surface area contributed by atoms with E-state index in [1.165, 1.54) is 28.2 Å². The fourth-order valence-electron chi connectivity index (χ4n) is 1.56. The predicted octanol–water partition coefficient (Wildman–Crippen LogP) is 4.19. The Morgan fingerprint density at radius 2 is 1.56 bits per heavy atom. The second kappa shape index (κ2) is 5.71. The quantitative estimate of drug-likeness (QED) is 0.780. The Labute approximate surface area is 101 Å². The maximum atomic E-state index is 4.01. The van der Waals surface area contributed by atoms with Crippen molar-refractivity contribution in [2.75, 3.05) is 0 Å². The molecule has 1 nitrogen and oxygen atoms in total. The third-order valence-electron chi connectivity index (χ3n) is 2.35. The van der Waals surface area contributed by atoms with E-state index < -0.39 is 0 Å². The summed E-state index contributed by atoms with van der Waals surface area (Å²) in [5, 5.41) is 0. The summed E-state index contributed by atoms with van der Waals surface area (Å²) >= 11 is 1.77. The third-order valence-corrected chi connectivity index (χ3v) is 3.36. The molecule has 0 aliphatic carbocycles. The van der Waals surface area contributed by atoms with Crippen molar-refractivity contribution in [3.63, 3.8) is 0 Å². The Morgan fingerprint density at radius 1 is 0.938 bits per heavy atom. The van der Waals surface area contributed by atoms with Crippen LogP contribution < -0.4 is 0 Å². The minimum absolute atomic E-state index is 1.17. The predicted molar refractivity (Wildman–Crippen MR) is 68.8 cm³/mol. The molecule has 0 radical (unpaired) electrons. The van der Waals surface area contributed by atoms with E-state index in [9.17, 15) is 0 Å². The molecule has 2 aromatic rings. The van der Waals surface area contributed by atoms with E-state index in [0.29, 0.717) is 0 Å². The second-order valence-electron chi connectivity index (χ2n) is 3.68. The summed E-state index contributed by atoms with van der Waals surface area (Å²) in [6.45, 7) is 2.21. The van der Waals surface area contributed by atoms with Crippen LogP contribution in [0.25, 0.3) is 0 Å². The molecule has 0 N–H and O–H groups in total. The fraction of sp³-hybridized carbons (Fsp3) is 0.214. The lowest BCUT2D eigenvalue weighted by Crippen LogP contribution is -1.82. The van der Waals surface area contributed by atoms with Crippen LogP contribution in [0.15, 0.2) is 58.6 Å². The maximum Gasteiger partial charge on any atom is 0.0279 e. The van der Waals surface area contributed by atoms with Crippen LogP contribution in [0, 0.1) is 0 Å². The van der Waals surface area contributed by atoms with Gasteiger partial charge in [0.05, 0.1) is 0 Å². The van der Waals surface area contributed by atoms with E-state index in [4.69, 9.17) is 0 Å². The molecular weight excluding hydrogens is 214 g/mol. The van der Waals surface area contributed by atoms with E-state index in [-0.39, 0.29) is 0 Å². The maximum absolute atomic E-state index is 4.01. The van der Waals surface area contributed by atoms with E-state index >= 15 is 0 Å². The summed E-state index contributed by atoms with van der Waals surface area (Å²) in [5.41, 5.74) is 1.42. The van der Waals surface area contributed by atoms with Gasteiger partial charge in [0, 0.05) is 22.2 Å². The number of pyridine rings is 1. The highest BCUT2D eigenvalue weighted by atomic mass is 32.2. The Morgan fingerprint density at radius 3 is 2.19 bits per heavy atom. The van der Waals surface area contributed by atoms with Crippen LogP contribution in [0.2, 0.25) is 0 Å². The van der Waals surface area contributed by atoms with Crippen LogP contribution in [0.5, 0.6) is 0 Å². The van der Waals surface area contributed by atoms with Crippen molar-refractivity contribution < 1.29 is 0 Å². The average Bonchev–Trinajstić information content (AvgIpc) is 2.33. The van der Waals surface area contributed by atoms with Crippen LogP contribution in [0.4, 0.5) is 0 Å². The number of hydrogen-bond donors (Lipinski definition) is 0. The summed E-state index contributed by atoms with van der Waals surface area (Å²) in [6, 6.07) is 12.9. The first kappa shape index (κ1) is 11.2. The van der Waals surface area contributed by atoms with Crippen molar-refractivity contribution >= 4 is 11.8 Å². The van der Waals surface area contributed by atoms with Gasteiger partial charge in [0.1, 0.15) is 0 Å². The van der Waals surface area contributed by atoms with Gasteiger partial charge < -0.3 is 0 Å². The van der Waals surface area contributed by atoms with Crippen LogP contribution in [0.1, 0.15) is 18.9 Å². The van der Waals surface area contributed by atoms with Crippen molar-refractivity contribution in [2.24, 2.45) is 0 Å². The minimum atomic E-state index is 1.17. The van der Waals surface area contributed by atoms with E-state index in [1.54, 1.807) is 11.8 Å². The van der Waals surface area contributed by atoms with Crippen LogP contribution >= 0.6 is 11.8 Å². The van der Waals surface area contributed by atoms with Gasteiger partial charge in [-0.05, 0) is 36.2 Å². The largest absolute Gasteiger partial charge is 0.265 e. The standard InChI is InChI=1S/C14H15NS/c1-2-3-12-4-6-13(7-5-12)16-14-8-10-15-11-9-14/h4-11H,2-3H2,1H3. The first-order chi connectivity index (χ1) is 7.88. The van der Waals surface area contributed by atoms with E-state index in [2.05, 4.69) is 36.2 Å². The lowest BCUT2D eigenvalue weighted by molar-refractivity contribution is 0.920. The van der Waals surface area contributed by atoms with Crippen LogP contribution in [0.3, 0.4) is 0 Å². The molecule has 2 heteroatoms. The molecule has 0 fully saturated rings. The fourth-order valence-corrected chi connectivity index (χ4v) is 2.36. The molecule has 0 aliphatic rings. The number of nitrogens with zero attached hydrogens (tertiary/aromatic N) is 1. The first-order valence-corrected chi connectivity index (χ1v) is 6.37. The molecule has 16 heavy (non-hydrogen) atoms. The van der Waals surface area contributed by atoms with Gasteiger partial charge in [0.15, 0.2) is 0 Å². The third kappa shape index (κ3) is 3.11. The number of benzene rings is 1. The number of hydrogen-bond acceptors (Lipinski definition) is 2. The summed E-state index contributed by atoms with van der Waals surface area (Å²) in [5.74, 6) is 0. The zero-order chi connectivity index (χ0) is 11.2. The zero-order valence-electron chi connectivity index (χ0n) is 9.39. The van der Waals surface area contributed by atoms with E-state index in [0.717, 1.165) is 0 Å². The number of aryl methyl sites for hydroxylation is 1. The number of rotatable bonds is 4. The minimum Gasteiger partial charge on any atom is -0.265 e. The normalized spacial score (nSPS) is 10.3. The molecule has 1 heterocycles. The molecule has 0 atom stereocenters. The highest BCUT2D eigenvalue weighted by Gasteiger charge is 1.97. The lowest BCUT2D eigenvalue weighted by atomic mass is 10.1. The van der Waals surface area contributed by atoms with Gasteiger partial charge in [-0.3, -0.25) is 4.98 Å². The Bertz CT molecular complexity index is 422. The van der Waals surface area contributed by atoms with Gasteiger partial charge in [0.2, 0.25) is 0 Å². The molecule has 0 aliphatic heterocycles. The van der Waals surface area contributed by atoms with Crippen molar-refractivity contribution in [1.29, 1.82) is 0 Å². The Kier molecular flexibility index (Phi) is 4.00. The number of aromatic nitrogens is 1. The molecule has 2 rings (SSSR count). The molecule has 0 amide bonds. The topological polar surface area (TPSA) is 12.9 Å². The molecule has 0 saturated carbocycles. The highest BCUT2D eigenvalue weighted by molar-refractivity contribution is 7.99. The summed E-state index contributed by atoms with van der Waals surface area (Å²) in [6.07, 6.45) is 6.03. The average molecular weight is 229 g/mol. The van der Waals surface area contributed by atoms with Crippen molar-refractivity contribution in [3.8, 4) is 0 Å². The van der Waals surface area contributed by atoms with Gasteiger partial charge in [0.25, 0.3) is 0 Å². The molecule has 0 unspecified atom stereocenters. The molecular formula is C14H15NS. The van der Waals surface area contributed by atoms with Crippen LogP contribution in [-0.2, 0) is 6.42 Å². The van der Waals surface area contributed by atoms with Crippen molar-refractivity contribution in [3.05, 3.63) is 54.4 Å². The summed E-state index contributed by atoms with van der Waals surface area (Å²) < 4.78 is 0. The molecule has 1 aromatic carbocycles. The van der Waals surface area contributed by atoms with Gasteiger partial charge >= 0.3 is 0 Å². The highest BCUT2D eigenvalue weighted by Crippen LogP contribution is 2.27. The molecule has 0 bridgehead atoms. The van der Waals surface area contributed by atoms with E-state index in [1.807, 2.05) is 24.5 Å². The zero-order valence-corrected chi connectivity index (χ0v) is 10.2. The smallest absolute Gasteiger partial charge is 0.0279 e. The van der Waals surface area contributed by atoms with Crippen molar-refractivity contribution in [1.82, 2.24) is 4.98 Å². The van der Waals surface area contributed by atoms with Crippen LogP contribution in [-0.4, -0.2) is 4.98 Å². The summed E-state index contributed by atoms with van der Waals surface area (Å²) in [4.78, 5) is 6.53. The van der Waals surface area contributed by atoms with Crippen molar-refractivity contribution in [2.45, 2.75) is 29.6 Å². The van der Waals surface area contributed by atoms with Gasteiger partial charge in [-0.1, -0.05) is 37.2 Å². The van der Waals surface area contributed by atoms with Gasteiger partial charge in [-0.15, -0.1) is 0 Å². The summed E-state index contributed by atoms with van der Waals surface area (Å²) in [7, 11) is 0. The lowest BCUT2D eigenvalue weighted by Gasteiger charge is -2.03. The monoisotopic (exact) mass is 229 g/mol. The molecule has 0 saturated heterocycles. The molecule has 82 valence electrons. The molecule has 0 spiro atoms. The van der Waals surface area contributed by atoms with Gasteiger partial charge in [-0.2, -0.15) is 0 Å². The second-order valence-corrected chi connectivity index (χ2v) is 4.83. The SMILES string of the molecule is CCCc1ccc(Sc2ccncc2)cc1. The Balaban J connectivity index is 2.05.